The van der Waals surface area contributed by atoms with Crippen molar-refractivity contribution in [3.63, 3.8) is 0 Å². The number of ether oxygens (including phenoxy) is 1. The molecule has 21 heavy (non-hydrogen) atoms. The number of hydrogen-bond donors (Lipinski definition) is 2. The first-order valence-corrected chi connectivity index (χ1v) is 6.23. The molecule has 0 saturated carbocycles. The van der Waals surface area contributed by atoms with Crippen LogP contribution in [0.5, 0.6) is 5.75 Å². The van der Waals surface area contributed by atoms with Gasteiger partial charge in [-0.25, -0.2) is 0 Å². The van der Waals surface area contributed by atoms with Gasteiger partial charge < -0.3 is 15.8 Å². The van der Waals surface area contributed by atoms with Gasteiger partial charge in [-0.2, -0.15) is 13.2 Å². The second-order valence-electron chi connectivity index (χ2n) is 4.50. The summed E-state index contributed by atoms with van der Waals surface area (Å²) in [6, 6.07) is 10.2. The molecule has 0 heterocycles. The van der Waals surface area contributed by atoms with Gasteiger partial charge in [0, 0.05) is 12.6 Å². The van der Waals surface area contributed by atoms with E-state index in [0.29, 0.717) is 23.7 Å². The van der Waals surface area contributed by atoms with E-state index in [1.807, 2.05) is 0 Å². The number of halogens is 3. The zero-order chi connectivity index (χ0) is 15.5. The summed E-state index contributed by atoms with van der Waals surface area (Å²) in [6.45, 7) is 0.371. The minimum Gasteiger partial charge on any atom is -0.497 e. The second kappa shape index (κ2) is 5.95. The average Bonchev–Trinajstić information content (AvgIpc) is 2.46. The molecular weight excluding hydrogens is 281 g/mol. The molecule has 0 fully saturated rings. The average molecular weight is 296 g/mol. The maximum Gasteiger partial charge on any atom is 0.416 e. The van der Waals surface area contributed by atoms with Crippen molar-refractivity contribution in [3.8, 4) is 5.75 Å². The van der Waals surface area contributed by atoms with Crippen LogP contribution in [0, 0.1) is 0 Å². The van der Waals surface area contributed by atoms with E-state index < -0.39 is 11.7 Å². The van der Waals surface area contributed by atoms with Crippen molar-refractivity contribution in [1.82, 2.24) is 0 Å². The van der Waals surface area contributed by atoms with Crippen molar-refractivity contribution in [2.45, 2.75) is 12.7 Å². The largest absolute Gasteiger partial charge is 0.497 e. The summed E-state index contributed by atoms with van der Waals surface area (Å²) in [7, 11) is 1.55. The zero-order valence-corrected chi connectivity index (χ0v) is 11.4. The number of nitrogens with one attached hydrogen (secondary N) is 1. The van der Waals surface area contributed by atoms with Crippen molar-refractivity contribution in [2.24, 2.45) is 0 Å². The molecule has 2 rings (SSSR count). The van der Waals surface area contributed by atoms with Crippen LogP contribution >= 0.6 is 0 Å². The van der Waals surface area contributed by atoms with Gasteiger partial charge in [0.05, 0.1) is 24.0 Å². The fourth-order valence-corrected chi connectivity index (χ4v) is 1.82. The highest BCUT2D eigenvalue weighted by molar-refractivity contribution is 5.68. The van der Waals surface area contributed by atoms with Gasteiger partial charge >= 0.3 is 6.18 Å². The number of rotatable bonds is 4. The minimum atomic E-state index is -4.32. The molecule has 112 valence electrons. The van der Waals surface area contributed by atoms with E-state index in [9.17, 15) is 13.2 Å². The number of nitrogens with two attached hydrogens (primary N) is 1. The van der Waals surface area contributed by atoms with Crippen molar-refractivity contribution in [3.05, 3.63) is 53.6 Å². The molecule has 0 aromatic heterocycles. The van der Waals surface area contributed by atoms with Crippen LogP contribution in [0.4, 0.5) is 24.5 Å². The first kappa shape index (κ1) is 15.0. The number of alkyl halides is 3. The Kier molecular flexibility index (Phi) is 4.26. The summed E-state index contributed by atoms with van der Waals surface area (Å²) in [5.74, 6) is 0.652. The molecule has 6 heteroatoms. The van der Waals surface area contributed by atoms with Crippen molar-refractivity contribution in [2.75, 3.05) is 18.2 Å². The Hall–Kier alpha value is -2.37. The van der Waals surface area contributed by atoms with Crippen molar-refractivity contribution >= 4 is 11.4 Å². The van der Waals surface area contributed by atoms with Crippen LogP contribution in [-0.4, -0.2) is 7.11 Å². The number of anilines is 2. The van der Waals surface area contributed by atoms with Gasteiger partial charge in [-0.1, -0.05) is 12.1 Å². The molecule has 3 nitrogen and oxygen atoms in total. The summed E-state index contributed by atoms with van der Waals surface area (Å²) in [5.41, 5.74) is 7.11. The summed E-state index contributed by atoms with van der Waals surface area (Å²) < 4.78 is 42.5. The van der Waals surface area contributed by atoms with Crippen LogP contribution in [-0.2, 0) is 12.7 Å². The Morgan fingerprint density at radius 1 is 1.10 bits per heavy atom. The Balaban J connectivity index is 2.06. The molecule has 0 radical (unpaired) electrons. The first-order chi connectivity index (χ1) is 9.90. The Bertz CT molecular complexity index is 609. The topological polar surface area (TPSA) is 47.3 Å². The van der Waals surface area contributed by atoms with E-state index in [0.717, 1.165) is 17.7 Å². The Morgan fingerprint density at radius 2 is 1.76 bits per heavy atom. The molecule has 0 spiro atoms. The number of hydrogen-bond acceptors (Lipinski definition) is 3. The maximum atomic E-state index is 12.5. The highest BCUT2D eigenvalue weighted by Crippen LogP contribution is 2.29. The zero-order valence-electron chi connectivity index (χ0n) is 11.4. The summed E-state index contributed by atoms with van der Waals surface area (Å²) in [5, 5.41) is 3.08. The normalized spacial score (nSPS) is 11.2. The van der Waals surface area contributed by atoms with Gasteiger partial charge in [0.1, 0.15) is 5.75 Å². The van der Waals surface area contributed by atoms with Gasteiger partial charge in [0.25, 0.3) is 0 Å². The summed E-state index contributed by atoms with van der Waals surface area (Å²) >= 11 is 0. The molecule has 2 aromatic rings. The predicted octanol–water partition coefficient (Wildman–Crippen LogP) is 3.91. The van der Waals surface area contributed by atoms with Crippen LogP contribution < -0.4 is 15.8 Å². The lowest BCUT2D eigenvalue weighted by molar-refractivity contribution is -0.137. The van der Waals surface area contributed by atoms with Gasteiger partial charge in [0.15, 0.2) is 0 Å². The fraction of sp³-hybridized carbons (Fsp3) is 0.200. The molecule has 0 aliphatic carbocycles. The number of benzene rings is 2. The van der Waals surface area contributed by atoms with E-state index in [4.69, 9.17) is 10.5 Å². The third-order valence-electron chi connectivity index (χ3n) is 3.02. The van der Waals surface area contributed by atoms with Crippen LogP contribution in [0.15, 0.2) is 42.5 Å². The Labute approximate surface area is 120 Å². The molecule has 0 atom stereocenters. The molecule has 0 amide bonds. The minimum absolute atomic E-state index is 0.371. The molecule has 0 saturated heterocycles. The molecular formula is C15H15F3N2O. The van der Waals surface area contributed by atoms with Gasteiger partial charge in [-0.3, -0.25) is 0 Å². The third-order valence-corrected chi connectivity index (χ3v) is 3.02. The lowest BCUT2D eigenvalue weighted by atomic mass is 10.1. The van der Waals surface area contributed by atoms with Crippen LogP contribution in [0.1, 0.15) is 11.1 Å². The van der Waals surface area contributed by atoms with E-state index in [1.54, 1.807) is 25.3 Å². The quantitative estimate of drug-likeness (QED) is 0.841. The summed E-state index contributed by atoms with van der Waals surface area (Å²) in [6.07, 6.45) is -4.32. The van der Waals surface area contributed by atoms with Gasteiger partial charge in [0.2, 0.25) is 0 Å². The van der Waals surface area contributed by atoms with E-state index in [1.165, 1.54) is 12.1 Å². The van der Waals surface area contributed by atoms with Crippen molar-refractivity contribution in [1.29, 1.82) is 0 Å². The third kappa shape index (κ3) is 3.81. The highest BCUT2D eigenvalue weighted by Gasteiger charge is 2.29. The predicted molar refractivity (Wildman–Crippen MR) is 76.2 cm³/mol. The van der Waals surface area contributed by atoms with Crippen LogP contribution in [0.2, 0.25) is 0 Å². The standard InChI is InChI=1S/C15H15F3N2O/c1-21-12-6-7-13(19)14(8-12)20-9-10-2-4-11(5-3-10)15(16,17)18/h2-8,20H,9,19H2,1H3. The SMILES string of the molecule is COc1ccc(N)c(NCc2ccc(C(F)(F)F)cc2)c1. The number of methoxy groups -OCH3 is 1. The second-order valence-corrected chi connectivity index (χ2v) is 4.50. The van der Waals surface area contributed by atoms with E-state index in [2.05, 4.69) is 5.32 Å². The first-order valence-electron chi connectivity index (χ1n) is 6.23. The maximum absolute atomic E-state index is 12.5. The monoisotopic (exact) mass is 296 g/mol. The Morgan fingerprint density at radius 3 is 2.33 bits per heavy atom. The molecule has 0 unspecified atom stereocenters. The van der Waals surface area contributed by atoms with Crippen molar-refractivity contribution < 1.29 is 17.9 Å². The lowest BCUT2D eigenvalue weighted by Crippen LogP contribution is -2.06. The van der Waals surface area contributed by atoms with Crippen LogP contribution in [0.25, 0.3) is 0 Å². The summed E-state index contributed by atoms with van der Waals surface area (Å²) in [4.78, 5) is 0. The molecule has 0 aliphatic heterocycles. The van der Waals surface area contributed by atoms with Gasteiger partial charge in [-0.05, 0) is 29.8 Å². The van der Waals surface area contributed by atoms with Gasteiger partial charge in [-0.15, -0.1) is 0 Å². The van der Waals surface area contributed by atoms with E-state index >= 15 is 0 Å². The highest BCUT2D eigenvalue weighted by atomic mass is 19.4. The smallest absolute Gasteiger partial charge is 0.416 e. The fourth-order valence-electron chi connectivity index (χ4n) is 1.82. The van der Waals surface area contributed by atoms with Crippen LogP contribution in [0.3, 0.4) is 0 Å². The molecule has 3 N–H and O–H groups in total. The van der Waals surface area contributed by atoms with E-state index in [-0.39, 0.29) is 0 Å². The molecule has 2 aromatic carbocycles. The lowest BCUT2D eigenvalue weighted by Gasteiger charge is -2.12. The number of nitrogen functional groups attached to an aromatic ring is 1. The molecule has 0 bridgehead atoms. The molecule has 0 aliphatic rings.